The number of carbonyl (C=O) groups excluding carboxylic acids is 4. The Morgan fingerprint density at radius 3 is 2.05 bits per heavy atom. The first-order chi connectivity index (χ1) is 19.6. The summed E-state index contributed by atoms with van der Waals surface area (Å²) in [4.78, 5) is 65.5. The quantitative estimate of drug-likeness (QED) is 0.115. The number of H-pyrrole nitrogens is 1. The number of amides is 4. The van der Waals surface area contributed by atoms with E-state index in [4.69, 9.17) is 11.5 Å². The van der Waals surface area contributed by atoms with Crippen LogP contribution in [0.4, 0.5) is 0 Å². The number of fused-ring (bicyclic) bond motifs is 1. The van der Waals surface area contributed by atoms with Gasteiger partial charge in [-0.1, -0.05) is 48.5 Å². The van der Waals surface area contributed by atoms with Crippen LogP contribution in [0.2, 0.25) is 0 Å². The molecule has 0 saturated heterocycles. The van der Waals surface area contributed by atoms with E-state index in [2.05, 4.69) is 33.6 Å². The van der Waals surface area contributed by atoms with Gasteiger partial charge in [0.25, 0.3) is 0 Å². The summed E-state index contributed by atoms with van der Waals surface area (Å²) in [5.41, 5.74) is 13.4. The number of aliphatic carboxylic acids is 1. The third-order valence-electron chi connectivity index (χ3n) is 6.48. The van der Waals surface area contributed by atoms with Crippen molar-refractivity contribution in [2.24, 2.45) is 11.5 Å². The Kier molecular flexibility index (Phi) is 11.3. The smallest absolute Gasteiger partial charge is 0.327 e. The molecule has 0 bridgehead atoms. The number of para-hydroxylation sites is 1. The molecule has 0 fully saturated rings. The second kappa shape index (κ2) is 14.9. The Morgan fingerprint density at radius 1 is 0.829 bits per heavy atom. The van der Waals surface area contributed by atoms with Crippen molar-refractivity contribution in [1.29, 1.82) is 0 Å². The molecule has 0 radical (unpaired) electrons. The molecule has 4 amide bonds. The largest absolute Gasteiger partial charge is 0.480 e. The Hall–Kier alpha value is -4.36. The molecule has 0 aliphatic heterocycles. The number of carbonyl (C=O) groups is 5. The van der Waals surface area contributed by atoms with Gasteiger partial charge in [-0.15, -0.1) is 0 Å². The lowest BCUT2D eigenvalue weighted by Gasteiger charge is -2.25. The van der Waals surface area contributed by atoms with E-state index >= 15 is 0 Å². The molecule has 1 heterocycles. The van der Waals surface area contributed by atoms with E-state index in [9.17, 15) is 29.1 Å². The first kappa shape index (κ1) is 31.2. The van der Waals surface area contributed by atoms with Gasteiger partial charge in [-0.3, -0.25) is 19.2 Å². The van der Waals surface area contributed by atoms with E-state index in [0.29, 0.717) is 0 Å². The van der Waals surface area contributed by atoms with Gasteiger partial charge in [-0.05, 0) is 23.6 Å². The highest BCUT2D eigenvalue weighted by Crippen LogP contribution is 2.19. The van der Waals surface area contributed by atoms with Crippen LogP contribution in [0.1, 0.15) is 24.0 Å². The van der Waals surface area contributed by atoms with Crippen molar-refractivity contribution in [2.45, 2.75) is 49.9 Å². The molecule has 0 aliphatic carbocycles. The van der Waals surface area contributed by atoms with Crippen molar-refractivity contribution in [3.8, 4) is 0 Å². The van der Waals surface area contributed by atoms with Crippen LogP contribution in [-0.2, 0) is 36.8 Å². The van der Waals surface area contributed by atoms with Crippen molar-refractivity contribution >= 4 is 53.1 Å². The van der Waals surface area contributed by atoms with Crippen LogP contribution in [0.5, 0.6) is 0 Å². The SMILES string of the molecule is NC(=O)CCC(N)C(=O)NC(Cc1ccccc1)C(=O)NC(Cc1c[nH]c2ccccc12)C(=O)NC(CS)C(=O)O. The lowest BCUT2D eigenvalue weighted by molar-refractivity contribution is -0.141. The zero-order valence-corrected chi connectivity index (χ0v) is 23.1. The summed E-state index contributed by atoms with van der Waals surface area (Å²) in [5, 5.41) is 18.0. The number of rotatable bonds is 15. The summed E-state index contributed by atoms with van der Waals surface area (Å²) in [6.07, 6.45) is 1.71. The fourth-order valence-corrected chi connectivity index (χ4v) is 4.47. The van der Waals surface area contributed by atoms with Gasteiger partial charge in [-0.25, -0.2) is 4.79 Å². The number of benzene rings is 2. The van der Waals surface area contributed by atoms with Gasteiger partial charge in [0.05, 0.1) is 6.04 Å². The van der Waals surface area contributed by atoms with Crippen molar-refractivity contribution < 1.29 is 29.1 Å². The number of nitrogens with one attached hydrogen (secondary N) is 4. The molecular weight excluding hydrogens is 548 g/mol. The van der Waals surface area contributed by atoms with Gasteiger partial charge in [0.15, 0.2) is 0 Å². The van der Waals surface area contributed by atoms with Crippen molar-refractivity contribution in [1.82, 2.24) is 20.9 Å². The number of thiol groups is 1. The number of primary amides is 1. The molecule has 3 aromatic rings. The first-order valence-electron chi connectivity index (χ1n) is 13.0. The third-order valence-corrected chi connectivity index (χ3v) is 6.85. The van der Waals surface area contributed by atoms with Crippen LogP contribution in [0.15, 0.2) is 60.8 Å². The molecule has 4 atom stereocenters. The van der Waals surface area contributed by atoms with Crippen LogP contribution >= 0.6 is 12.6 Å². The van der Waals surface area contributed by atoms with Crippen molar-refractivity contribution in [2.75, 3.05) is 5.75 Å². The second-order valence-electron chi connectivity index (χ2n) is 9.57. The molecule has 0 saturated carbocycles. The number of carboxylic acids is 1. The molecule has 41 heavy (non-hydrogen) atoms. The summed E-state index contributed by atoms with van der Waals surface area (Å²) in [6.45, 7) is 0. The topological polar surface area (TPSA) is 209 Å². The molecule has 13 heteroatoms. The highest BCUT2D eigenvalue weighted by Gasteiger charge is 2.31. The minimum Gasteiger partial charge on any atom is -0.480 e. The zero-order chi connectivity index (χ0) is 29.9. The minimum absolute atomic E-state index is 0.00720. The predicted octanol–water partition coefficient (Wildman–Crippen LogP) is 0.0147. The van der Waals surface area contributed by atoms with Crippen molar-refractivity contribution in [3.63, 3.8) is 0 Å². The summed E-state index contributed by atoms with van der Waals surface area (Å²) in [7, 11) is 0. The highest BCUT2D eigenvalue weighted by molar-refractivity contribution is 7.80. The number of hydrogen-bond acceptors (Lipinski definition) is 7. The van der Waals surface area contributed by atoms with Gasteiger partial charge >= 0.3 is 5.97 Å². The van der Waals surface area contributed by atoms with Crippen LogP contribution < -0.4 is 27.4 Å². The fourth-order valence-electron chi connectivity index (χ4n) is 4.23. The summed E-state index contributed by atoms with van der Waals surface area (Å²) in [6, 6.07) is 11.6. The number of aromatic amines is 1. The summed E-state index contributed by atoms with van der Waals surface area (Å²) in [5.74, 6) is -4.12. The Labute approximate surface area is 242 Å². The third kappa shape index (κ3) is 9.08. The molecule has 2 aromatic carbocycles. The minimum atomic E-state index is -1.28. The molecule has 1 aromatic heterocycles. The van der Waals surface area contributed by atoms with E-state index in [1.165, 1.54) is 0 Å². The Balaban J connectivity index is 1.86. The molecule has 12 nitrogen and oxygen atoms in total. The Morgan fingerprint density at radius 2 is 1.41 bits per heavy atom. The number of carboxylic acid groups (broad SMARTS) is 1. The van der Waals surface area contributed by atoms with Crippen molar-refractivity contribution in [3.05, 3.63) is 71.9 Å². The normalized spacial score (nSPS) is 13.9. The van der Waals surface area contributed by atoms with Gasteiger partial charge in [0, 0.05) is 42.1 Å². The number of hydrogen-bond donors (Lipinski definition) is 8. The monoisotopic (exact) mass is 582 g/mol. The standard InChI is InChI=1S/C28H34N6O6S/c29-19(10-11-24(30)35)25(36)32-21(12-16-6-2-1-3-7-16)26(37)33-22(27(38)34-23(15-41)28(39)40)13-17-14-31-20-9-5-4-8-18(17)20/h1-9,14,19,21-23,31,41H,10-13,15,29H2,(H2,30,35)(H,32,36)(H,33,37)(H,34,38)(H,39,40). The Bertz CT molecular complexity index is 1380. The average molecular weight is 583 g/mol. The van der Waals surface area contributed by atoms with Crippen LogP contribution in [0, 0.1) is 0 Å². The number of aromatic nitrogens is 1. The molecule has 4 unspecified atom stereocenters. The highest BCUT2D eigenvalue weighted by atomic mass is 32.1. The van der Waals surface area contributed by atoms with Gasteiger partial charge in [0.2, 0.25) is 23.6 Å². The van der Waals surface area contributed by atoms with Crippen LogP contribution in [0.25, 0.3) is 10.9 Å². The molecule has 218 valence electrons. The van der Waals surface area contributed by atoms with Crippen LogP contribution in [-0.4, -0.2) is 69.6 Å². The van der Waals surface area contributed by atoms with Crippen LogP contribution in [0.3, 0.4) is 0 Å². The molecular formula is C28H34N6O6S. The molecule has 3 rings (SSSR count). The van der Waals surface area contributed by atoms with E-state index in [1.807, 2.05) is 24.3 Å². The van der Waals surface area contributed by atoms with Gasteiger partial charge in [-0.2, -0.15) is 12.6 Å². The molecule has 9 N–H and O–H groups in total. The average Bonchev–Trinajstić information content (AvgIpc) is 3.36. The zero-order valence-electron chi connectivity index (χ0n) is 22.2. The summed E-state index contributed by atoms with van der Waals surface area (Å²) >= 11 is 4.00. The van der Waals surface area contributed by atoms with E-state index in [0.717, 1.165) is 22.0 Å². The number of nitrogens with two attached hydrogens (primary N) is 2. The fraction of sp³-hybridized carbons (Fsp3) is 0.321. The lowest BCUT2D eigenvalue weighted by atomic mass is 10.0. The van der Waals surface area contributed by atoms with Gasteiger partial charge < -0.3 is 37.5 Å². The van der Waals surface area contributed by atoms with E-state index < -0.39 is 53.8 Å². The molecule has 0 aliphatic rings. The second-order valence-corrected chi connectivity index (χ2v) is 9.93. The maximum atomic E-state index is 13.6. The maximum Gasteiger partial charge on any atom is 0.327 e. The van der Waals surface area contributed by atoms with E-state index in [1.54, 1.807) is 36.5 Å². The molecule has 0 spiro atoms. The predicted molar refractivity (Wildman–Crippen MR) is 156 cm³/mol. The summed E-state index contributed by atoms with van der Waals surface area (Å²) < 4.78 is 0. The maximum absolute atomic E-state index is 13.6. The first-order valence-corrected chi connectivity index (χ1v) is 13.6. The van der Waals surface area contributed by atoms with Gasteiger partial charge in [0.1, 0.15) is 18.1 Å². The van der Waals surface area contributed by atoms with E-state index in [-0.39, 0.29) is 31.4 Å². The lowest BCUT2D eigenvalue weighted by Crippen LogP contribution is -2.58.